The van der Waals surface area contributed by atoms with Gasteiger partial charge in [0.25, 0.3) is 5.91 Å². The lowest BCUT2D eigenvalue weighted by atomic mass is 9.91. The predicted octanol–water partition coefficient (Wildman–Crippen LogP) is 5.27. The van der Waals surface area contributed by atoms with Crippen molar-refractivity contribution in [3.8, 4) is 23.2 Å². The second-order valence-electron chi connectivity index (χ2n) is 7.25. The second-order valence-corrected chi connectivity index (χ2v) is 8.13. The van der Waals surface area contributed by atoms with Gasteiger partial charge < -0.3 is 14.4 Å². The average molecular weight is 440 g/mol. The van der Waals surface area contributed by atoms with Gasteiger partial charge in [0.05, 0.1) is 0 Å². The molecule has 0 atom stereocenters. The number of amides is 1. The van der Waals surface area contributed by atoms with E-state index in [2.05, 4.69) is 11.8 Å². The third kappa shape index (κ3) is 4.71. The SMILES string of the molecule is O=C(c1ccc(-c2ccc(Cl)cc2)o1)N1CCC(O)(C#Cc2cccc(Cl)c2)CC1. The van der Waals surface area contributed by atoms with Crippen LogP contribution >= 0.6 is 23.2 Å². The van der Waals surface area contributed by atoms with E-state index in [0.717, 1.165) is 11.1 Å². The van der Waals surface area contributed by atoms with Crippen LogP contribution in [0.25, 0.3) is 11.3 Å². The molecule has 1 aliphatic rings. The fourth-order valence-corrected chi connectivity index (χ4v) is 3.65. The molecule has 1 fully saturated rings. The van der Waals surface area contributed by atoms with Gasteiger partial charge in [-0.2, -0.15) is 0 Å². The first-order chi connectivity index (χ1) is 14.4. The molecule has 2 aromatic carbocycles. The van der Waals surface area contributed by atoms with Crippen LogP contribution in [0.2, 0.25) is 10.0 Å². The zero-order valence-corrected chi connectivity index (χ0v) is 17.6. The van der Waals surface area contributed by atoms with E-state index < -0.39 is 5.60 Å². The zero-order valence-electron chi connectivity index (χ0n) is 16.1. The highest BCUT2D eigenvalue weighted by Crippen LogP contribution is 2.27. The highest BCUT2D eigenvalue weighted by Gasteiger charge is 2.33. The van der Waals surface area contributed by atoms with E-state index in [0.29, 0.717) is 41.7 Å². The lowest BCUT2D eigenvalue weighted by molar-refractivity contribution is 0.0235. The van der Waals surface area contributed by atoms with Gasteiger partial charge in [0, 0.05) is 47.1 Å². The highest BCUT2D eigenvalue weighted by atomic mass is 35.5. The molecule has 0 saturated carbocycles. The van der Waals surface area contributed by atoms with Crippen LogP contribution in [0.3, 0.4) is 0 Å². The summed E-state index contributed by atoms with van der Waals surface area (Å²) in [5.41, 5.74) is 0.471. The summed E-state index contributed by atoms with van der Waals surface area (Å²) in [6.45, 7) is 0.799. The number of likely N-dealkylation sites (tertiary alicyclic amines) is 1. The number of rotatable bonds is 2. The molecule has 4 rings (SSSR count). The number of halogens is 2. The van der Waals surface area contributed by atoms with Gasteiger partial charge in [0.2, 0.25) is 0 Å². The number of benzene rings is 2. The normalized spacial score (nSPS) is 15.4. The van der Waals surface area contributed by atoms with Crippen molar-refractivity contribution in [3.63, 3.8) is 0 Å². The summed E-state index contributed by atoms with van der Waals surface area (Å²) in [5.74, 6) is 6.61. The van der Waals surface area contributed by atoms with Crippen molar-refractivity contribution in [2.75, 3.05) is 13.1 Å². The number of nitrogens with zero attached hydrogens (tertiary/aromatic N) is 1. The molecule has 0 bridgehead atoms. The Kier molecular flexibility index (Phi) is 5.87. The van der Waals surface area contributed by atoms with Crippen molar-refractivity contribution in [3.05, 3.63) is 82.0 Å². The number of carbonyl (C=O) groups is 1. The van der Waals surface area contributed by atoms with Crippen LogP contribution in [0.4, 0.5) is 0 Å². The summed E-state index contributed by atoms with van der Waals surface area (Å²) >= 11 is 11.9. The summed E-state index contributed by atoms with van der Waals surface area (Å²) in [7, 11) is 0. The molecule has 30 heavy (non-hydrogen) atoms. The maximum Gasteiger partial charge on any atom is 0.289 e. The van der Waals surface area contributed by atoms with Crippen molar-refractivity contribution < 1.29 is 14.3 Å². The number of piperidine rings is 1. The zero-order chi connectivity index (χ0) is 21.1. The van der Waals surface area contributed by atoms with Gasteiger partial charge in [-0.05, 0) is 54.6 Å². The Morgan fingerprint density at radius 2 is 1.73 bits per heavy atom. The van der Waals surface area contributed by atoms with E-state index in [4.69, 9.17) is 27.6 Å². The summed E-state index contributed by atoms with van der Waals surface area (Å²) in [6, 6.07) is 17.9. The minimum absolute atomic E-state index is 0.194. The molecule has 1 aromatic heterocycles. The number of aliphatic hydroxyl groups is 1. The minimum atomic E-state index is -1.13. The maximum atomic E-state index is 12.8. The lowest BCUT2D eigenvalue weighted by Crippen LogP contribution is -2.46. The van der Waals surface area contributed by atoms with Crippen molar-refractivity contribution in [2.45, 2.75) is 18.4 Å². The van der Waals surface area contributed by atoms with Gasteiger partial charge in [0.1, 0.15) is 11.4 Å². The molecule has 1 saturated heterocycles. The molecule has 1 aliphatic heterocycles. The number of hydrogen-bond donors (Lipinski definition) is 1. The van der Waals surface area contributed by atoms with Crippen molar-refractivity contribution in [1.29, 1.82) is 0 Å². The van der Waals surface area contributed by atoms with Crippen molar-refractivity contribution in [1.82, 2.24) is 4.90 Å². The lowest BCUT2D eigenvalue weighted by Gasteiger charge is -2.34. The average Bonchev–Trinajstić information content (AvgIpc) is 3.23. The predicted molar refractivity (Wildman–Crippen MR) is 118 cm³/mol. The standard InChI is InChI=1S/C24H19Cl2NO3/c25-19-6-4-18(5-7-19)21-8-9-22(30-21)23(28)27-14-12-24(29,13-15-27)11-10-17-2-1-3-20(26)16-17/h1-9,16,29H,12-15H2. The summed E-state index contributed by atoms with van der Waals surface area (Å²) in [5, 5.41) is 12.0. The summed E-state index contributed by atoms with van der Waals surface area (Å²) < 4.78 is 5.76. The summed E-state index contributed by atoms with van der Waals surface area (Å²) in [6.07, 6.45) is 0.744. The van der Waals surface area contributed by atoms with Crippen LogP contribution in [-0.2, 0) is 0 Å². The molecule has 0 aliphatic carbocycles. The smallest absolute Gasteiger partial charge is 0.289 e. The molecule has 1 N–H and O–H groups in total. The molecule has 2 heterocycles. The monoisotopic (exact) mass is 439 g/mol. The first kappa shape index (κ1) is 20.6. The molecule has 6 heteroatoms. The molecular formula is C24H19Cl2NO3. The van der Waals surface area contributed by atoms with Gasteiger partial charge in [-0.3, -0.25) is 4.79 Å². The van der Waals surface area contributed by atoms with Gasteiger partial charge in [-0.1, -0.05) is 41.1 Å². The van der Waals surface area contributed by atoms with Crippen LogP contribution in [0, 0.1) is 11.8 Å². The van der Waals surface area contributed by atoms with Gasteiger partial charge in [0.15, 0.2) is 5.76 Å². The third-order valence-corrected chi connectivity index (χ3v) is 5.57. The third-order valence-electron chi connectivity index (χ3n) is 5.09. The van der Waals surface area contributed by atoms with Crippen LogP contribution < -0.4 is 0 Å². The van der Waals surface area contributed by atoms with E-state index >= 15 is 0 Å². The highest BCUT2D eigenvalue weighted by molar-refractivity contribution is 6.30. The fourth-order valence-electron chi connectivity index (χ4n) is 3.34. The Labute approximate surface area is 185 Å². The molecule has 3 aromatic rings. The quantitative estimate of drug-likeness (QED) is 0.553. The first-order valence-electron chi connectivity index (χ1n) is 9.58. The summed E-state index contributed by atoms with van der Waals surface area (Å²) in [4.78, 5) is 14.5. The molecule has 0 unspecified atom stereocenters. The number of furan rings is 1. The van der Waals surface area contributed by atoms with E-state index in [1.165, 1.54) is 0 Å². The fraction of sp³-hybridized carbons (Fsp3) is 0.208. The first-order valence-corrected chi connectivity index (χ1v) is 10.3. The van der Waals surface area contributed by atoms with Crippen LogP contribution in [0.5, 0.6) is 0 Å². The molecule has 0 spiro atoms. The van der Waals surface area contributed by atoms with Gasteiger partial charge >= 0.3 is 0 Å². The largest absolute Gasteiger partial charge is 0.451 e. The molecule has 4 nitrogen and oxygen atoms in total. The Morgan fingerprint density at radius 3 is 2.43 bits per heavy atom. The Balaban J connectivity index is 1.40. The minimum Gasteiger partial charge on any atom is -0.451 e. The number of hydrogen-bond acceptors (Lipinski definition) is 3. The van der Waals surface area contributed by atoms with Crippen LogP contribution in [0.1, 0.15) is 29.0 Å². The molecule has 0 radical (unpaired) electrons. The maximum absolute atomic E-state index is 12.8. The van der Waals surface area contributed by atoms with E-state index in [1.54, 1.807) is 41.3 Å². The Bertz CT molecular complexity index is 1120. The topological polar surface area (TPSA) is 53.7 Å². The van der Waals surface area contributed by atoms with Crippen LogP contribution in [-0.4, -0.2) is 34.6 Å². The van der Waals surface area contributed by atoms with E-state index in [1.807, 2.05) is 24.3 Å². The second kappa shape index (κ2) is 8.57. The molecule has 152 valence electrons. The number of carbonyl (C=O) groups excluding carboxylic acids is 1. The van der Waals surface area contributed by atoms with E-state index in [9.17, 15) is 9.90 Å². The Morgan fingerprint density at radius 1 is 1.00 bits per heavy atom. The van der Waals surface area contributed by atoms with Gasteiger partial charge in [-0.25, -0.2) is 0 Å². The molecular weight excluding hydrogens is 421 g/mol. The van der Waals surface area contributed by atoms with Crippen molar-refractivity contribution >= 4 is 29.1 Å². The van der Waals surface area contributed by atoms with Crippen molar-refractivity contribution in [2.24, 2.45) is 0 Å². The Hall–Kier alpha value is -2.71. The van der Waals surface area contributed by atoms with Gasteiger partial charge in [-0.15, -0.1) is 0 Å². The van der Waals surface area contributed by atoms with Crippen LogP contribution in [0.15, 0.2) is 65.1 Å². The molecule has 1 amide bonds. The van der Waals surface area contributed by atoms with E-state index in [-0.39, 0.29) is 11.7 Å².